The highest BCUT2D eigenvalue weighted by Crippen LogP contribution is 2.35. The maximum absolute atomic E-state index is 6.56. The first-order valence-electron chi connectivity index (χ1n) is 6.61. The molecular formula is C15H21ClO2. The molecule has 0 aliphatic carbocycles. The van der Waals surface area contributed by atoms with E-state index in [-0.39, 0.29) is 5.38 Å². The second kappa shape index (κ2) is 7.13. The summed E-state index contributed by atoms with van der Waals surface area (Å²) in [6.45, 7) is 2.46. The number of hydrogen-bond acceptors (Lipinski definition) is 2. The van der Waals surface area contributed by atoms with Gasteiger partial charge in [0.25, 0.3) is 0 Å². The Kier molecular flexibility index (Phi) is 5.48. The van der Waals surface area contributed by atoms with Gasteiger partial charge >= 0.3 is 0 Å². The minimum atomic E-state index is 0.116. The Hall–Kier alpha value is -0.570. The Morgan fingerprint density at radius 2 is 1.94 bits per heavy atom. The molecule has 0 spiro atoms. The maximum Gasteiger partial charge on any atom is 0.0615 e. The van der Waals surface area contributed by atoms with Gasteiger partial charge in [-0.2, -0.15) is 0 Å². The second-order valence-corrected chi connectivity index (χ2v) is 5.31. The van der Waals surface area contributed by atoms with Crippen molar-refractivity contribution in [1.29, 1.82) is 0 Å². The summed E-state index contributed by atoms with van der Waals surface area (Å²) in [7, 11) is 1.73. The number of hydrogen-bond donors (Lipinski definition) is 0. The Bertz CT molecular complexity index is 344. The molecule has 1 aliphatic heterocycles. The van der Waals surface area contributed by atoms with E-state index in [0.717, 1.165) is 39.1 Å². The number of methoxy groups -OCH3 is 1. The molecule has 1 aliphatic rings. The van der Waals surface area contributed by atoms with E-state index in [1.807, 2.05) is 0 Å². The molecule has 0 bridgehead atoms. The fourth-order valence-corrected chi connectivity index (χ4v) is 2.77. The van der Waals surface area contributed by atoms with Crippen LogP contribution < -0.4 is 0 Å². The predicted octanol–water partition coefficient (Wildman–Crippen LogP) is 3.58. The van der Waals surface area contributed by atoms with Crippen molar-refractivity contribution >= 4 is 11.6 Å². The largest absolute Gasteiger partial charge is 0.384 e. The van der Waals surface area contributed by atoms with Crippen molar-refractivity contribution in [2.24, 2.45) is 5.92 Å². The molecule has 2 nitrogen and oxygen atoms in total. The molecule has 0 aromatic heterocycles. The highest BCUT2D eigenvalue weighted by molar-refractivity contribution is 6.21. The van der Waals surface area contributed by atoms with E-state index in [1.54, 1.807) is 7.11 Å². The SMILES string of the molecule is COCCc1ccc(C(Cl)C2CCOCC2)cc1. The number of alkyl halides is 1. The van der Waals surface area contributed by atoms with Gasteiger partial charge in [0.05, 0.1) is 12.0 Å². The Labute approximate surface area is 114 Å². The first-order valence-corrected chi connectivity index (χ1v) is 7.04. The van der Waals surface area contributed by atoms with Crippen molar-refractivity contribution in [3.05, 3.63) is 35.4 Å². The summed E-state index contributed by atoms with van der Waals surface area (Å²) in [4.78, 5) is 0. The van der Waals surface area contributed by atoms with Gasteiger partial charge in [-0.15, -0.1) is 11.6 Å². The van der Waals surface area contributed by atoms with Crippen molar-refractivity contribution in [3.8, 4) is 0 Å². The van der Waals surface area contributed by atoms with E-state index in [9.17, 15) is 0 Å². The van der Waals surface area contributed by atoms with Crippen LogP contribution in [-0.2, 0) is 15.9 Å². The van der Waals surface area contributed by atoms with Gasteiger partial charge in [0.2, 0.25) is 0 Å². The minimum absolute atomic E-state index is 0.116. The van der Waals surface area contributed by atoms with Crippen LogP contribution in [0.25, 0.3) is 0 Å². The topological polar surface area (TPSA) is 18.5 Å². The second-order valence-electron chi connectivity index (χ2n) is 4.84. The van der Waals surface area contributed by atoms with Crippen LogP contribution in [0.1, 0.15) is 29.3 Å². The Balaban J connectivity index is 1.95. The van der Waals surface area contributed by atoms with Gasteiger partial charge in [-0.1, -0.05) is 24.3 Å². The molecule has 0 amide bonds. The van der Waals surface area contributed by atoms with Crippen LogP contribution in [0.4, 0.5) is 0 Å². The lowest BCUT2D eigenvalue weighted by molar-refractivity contribution is 0.0651. The van der Waals surface area contributed by atoms with Gasteiger partial charge < -0.3 is 9.47 Å². The van der Waals surface area contributed by atoms with Crippen LogP contribution in [-0.4, -0.2) is 26.9 Å². The molecule has 1 unspecified atom stereocenters. The van der Waals surface area contributed by atoms with Crippen LogP contribution in [0, 0.1) is 5.92 Å². The summed E-state index contributed by atoms with van der Waals surface area (Å²) in [6.07, 6.45) is 3.10. The van der Waals surface area contributed by atoms with Gasteiger partial charge in [0.15, 0.2) is 0 Å². The number of benzene rings is 1. The molecule has 18 heavy (non-hydrogen) atoms. The smallest absolute Gasteiger partial charge is 0.0615 e. The third-order valence-corrected chi connectivity index (χ3v) is 4.18. The van der Waals surface area contributed by atoms with Crippen molar-refractivity contribution in [2.75, 3.05) is 26.9 Å². The van der Waals surface area contributed by atoms with Crippen molar-refractivity contribution < 1.29 is 9.47 Å². The summed E-state index contributed by atoms with van der Waals surface area (Å²) in [5, 5.41) is 0.116. The summed E-state index contributed by atoms with van der Waals surface area (Å²) < 4.78 is 10.5. The van der Waals surface area contributed by atoms with Gasteiger partial charge in [-0.25, -0.2) is 0 Å². The van der Waals surface area contributed by atoms with E-state index < -0.39 is 0 Å². The summed E-state index contributed by atoms with van der Waals surface area (Å²) in [6, 6.07) is 8.61. The van der Waals surface area contributed by atoms with Crippen molar-refractivity contribution in [2.45, 2.75) is 24.6 Å². The Morgan fingerprint density at radius 3 is 2.56 bits per heavy atom. The van der Waals surface area contributed by atoms with Crippen LogP contribution in [0.3, 0.4) is 0 Å². The molecule has 0 radical (unpaired) electrons. The molecule has 1 saturated heterocycles. The van der Waals surface area contributed by atoms with Gasteiger partial charge in [-0.05, 0) is 36.3 Å². The molecule has 1 fully saturated rings. The molecule has 0 saturated carbocycles. The van der Waals surface area contributed by atoms with Gasteiger partial charge in [0.1, 0.15) is 0 Å². The van der Waals surface area contributed by atoms with E-state index in [2.05, 4.69) is 24.3 Å². The summed E-state index contributed by atoms with van der Waals surface area (Å²) in [5.74, 6) is 0.547. The quantitative estimate of drug-likeness (QED) is 0.760. The van der Waals surface area contributed by atoms with Crippen molar-refractivity contribution in [1.82, 2.24) is 0 Å². The molecule has 1 aromatic carbocycles. The zero-order valence-electron chi connectivity index (χ0n) is 10.9. The average molecular weight is 269 g/mol. The normalized spacial score (nSPS) is 18.8. The molecule has 0 N–H and O–H groups in total. The maximum atomic E-state index is 6.56. The number of halogens is 1. The third kappa shape index (κ3) is 3.71. The lowest BCUT2D eigenvalue weighted by Crippen LogP contribution is -2.19. The molecule has 1 heterocycles. The molecule has 100 valence electrons. The number of rotatable bonds is 5. The summed E-state index contributed by atoms with van der Waals surface area (Å²) in [5.41, 5.74) is 2.53. The number of ether oxygens (including phenoxy) is 2. The molecule has 1 aromatic rings. The molecule has 1 atom stereocenters. The standard InChI is InChI=1S/C15H21ClO2/c1-17-9-6-12-2-4-13(5-3-12)15(16)14-7-10-18-11-8-14/h2-5,14-15H,6-11H2,1H3. The fourth-order valence-electron chi connectivity index (χ4n) is 2.37. The molecular weight excluding hydrogens is 248 g/mol. The van der Waals surface area contributed by atoms with Crippen LogP contribution >= 0.6 is 11.6 Å². The molecule has 3 heteroatoms. The first-order chi connectivity index (χ1) is 8.81. The minimum Gasteiger partial charge on any atom is -0.384 e. The van der Waals surface area contributed by atoms with Crippen molar-refractivity contribution in [3.63, 3.8) is 0 Å². The monoisotopic (exact) mass is 268 g/mol. The molecule has 2 rings (SSSR count). The lowest BCUT2D eigenvalue weighted by Gasteiger charge is -2.26. The zero-order valence-corrected chi connectivity index (χ0v) is 11.7. The predicted molar refractivity (Wildman–Crippen MR) is 74.2 cm³/mol. The highest BCUT2D eigenvalue weighted by Gasteiger charge is 2.23. The Morgan fingerprint density at radius 1 is 1.28 bits per heavy atom. The highest BCUT2D eigenvalue weighted by atomic mass is 35.5. The van der Waals surface area contributed by atoms with Crippen LogP contribution in [0.5, 0.6) is 0 Å². The fraction of sp³-hybridized carbons (Fsp3) is 0.600. The van der Waals surface area contributed by atoms with Gasteiger partial charge in [-0.3, -0.25) is 0 Å². The summed E-state index contributed by atoms with van der Waals surface area (Å²) >= 11 is 6.56. The lowest BCUT2D eigenvalue weighted by atomic mass is 9.91. The van der Waals surface area contributed by atoms with E-state index in [4.69, 9.17) is 21.1 Å². The van der Waals surface area contributed by atoms with E-state index in [0.29, 0.717) is 5.92 Å². The van der Waals surface area contributed by atoms with Crippen LogP contribution in [0.15, 0.2) is 24.3 Å². The van der Waals surface area contributed by atoms with E-state index >= 15 is 0 Å². The third-order valence-electron chi connectivity index (χ3n) is 3.57. The van der Waals surface area contributed by atoms with Gasteiger partial charge in [0, 0.05) is 20.3 Å². The van der Waals surface area contributed by atoms with E-state index in [1.165, 1.54) is 11.1 Å². The van der Waals surface area contributed by atoms with Crippen LogP contribution in [0.2, 0.25) is 0 Å². The zero-order chi connectivity index (χ0) is 12.8. The first kappa shape index (κ1) is 13.9. The average Bonchev–Trinajstić information content (AvgIpc) is 2.46.